The first-order chi connectivity index (χ1) is 11.7. The topological polar surface area (TPSA) is 76.6 Å². The van der Waals surface area contributed by atoms with E-state index in [0.717, 1.165) is 61.0 Å². The number of rotatable bonds is 6. The van der Waals surface area contributed by atoms with Crippen molar-refractivity contribution in [2.45, 2.75) is 13.8 Å². The Morgan fingerprint density at radius 2 is 2.21 bits per heavy atom. The van der Waals surface area contributed by atoms with Crippen LogP contribution in [0, 0.1) is 6.92 Å². The summed E-state index contributed by atoms with van der Waals surface area (Å²) in [5.74, 6) is 0.481. The largest absolute Gasteiger partial charge is 0.462 e. The number of hydrogen-bond donors (Lipinski definition) is 1. The second-order valence-corrected chi connectivity index (χ2v) is 6.56. The maximum atomic E-state index is 12.1. The normalized spacial score (nSPS) is 15.6. The van der Waals surface area contributed by atoms with Gasteiger partial charge in [0.1, 0.15) is 21.9 Å². The summed E-state index contributed by atoms with van der Waals surface area (Å²) in [6.07, 6.45) is 1.53. The van der Waals surface area contributed by atoms with E-state index in [1.165, 1.54) is 17.7 Å². The Morgan fingerprint density at radius 1 is 1.42 bits per heavy atom. The molecular weight excluding hydrogens is 328 g/mol. The number of morpholine rings is 1. The van der Waals surface area contributed by atoms with Gasteiger partial charge in [-0.15, -0.1) is 11.3 Å². The van der Waals surface area contributed by atoms with E-state index in [0.29, 0.717) is 11.5 Å². The molecular formula is C16H22N4O3S. The van der Waals surface area contributed by atoms with Crippen molar-refractivity contribution in [1.82, 2.24) is 14.9 Å². The fourth-order valence-electron chi connectivity index (χ4n) is 2.75. The third kappa shape index (κ3) is 3.66. The summed E-state index contributed by atoms with van der Waals surface area (Å²) in [7, 11) is 0. The zero-order chi connectivity index (χ0) is 16.9. The van der Waals surface area contributed by atoms with Crippen molar-refractivity contribution in [1.29, 1.82) is 0 Å². The average molecular weight is 350 g/mol. The van der Waals surface area contributed by atoms with Crippen molar-refractivity contribution in [3.8, 4) is 0 Å². The van der Waals surface area contributed by atoms with Crippen LogP contribution in [-0.2, 0) is 9.47 Å². The van der Waals surface area contributed by atoms with Crippen molar-refractivity contribution in [3.05, 3.63) is 16.8 Å². The van der Waals surface area contributed by atoms with Crippen LogP contribution in [0.5, 0.6) is 0 Å². The van der Waals surface area contributed by atoms with Crippen LogP contribution in [0.1, 0.15) is 22.2 Å². The maximum Gasteiger partial charge on any atom is 0.348 e. The van der Waals surface area contributed by atoms with Crippen molar-refractivity contribution in [2.24, 2.45) is 0 Å². The number of carbonyl (C=O) groups is 1. The number of esters is 1. The van der Waals surface area contributed by atoms with E-state index in [9.17, 15) is 4.79 Å². The van der Waals surface area contributed by atoms with Crippen molar-refractivity contribution < 1.29 is 14.3 Å². The van der Waals surface area contributed by atoms with Crippen LogP contribution in [0.15, 0.2) is 6.33 Å². The number of carbonyl (C=O) groups excluding carboxylic acids is 1. The monoisotopic (exact) mass is 350 g/mol. The van der Waals surface area contributed by atoms with Gasteiger partial charge in [0.25, 0.3) is 0 Å². The summed E-state index contributed by atoms with van der Waals surface area (Å²) in [6, 6.07) is 0. The van der Waals surface area contributed by atoms with Crippen LogP contribution in [0.2, 0.25) is 0 Å². The lowest BCUT2D eigenvalue weighted by Gasteiger charge is -2.26. The molecule has 0 aliphatic carbocycles. The zero-order valence-corrected chi connectivity index (χ0v) is 14.8. The SMILES string of the molecule is CCOC(=O)c1sc2ncnc(NCCN3CCOCC3)c2c1C. The molecule has 0 atom stereocenters. The highest BCUT2D eigenvalue weighted by molar-refractivity contribution is 7.20. The second-order valence-electron chi connectivity index (χ2n) is 5.56. The fourth-order valence-corrected chi connectivity index (χ4v) is 3.80. The number of nitrogens with zero attached hydrogens (tertiary/aromatic N) is 3. The van der Waals surface area contributed by atoms with Crippen LogP contribution in [-0.4, -0.2) is 66.8 Å². The first kappa shape index (κ1) is 17.1. The standard InChI is InChI=1S/C16H22N4O3S/c1-3-23-16(21)13-11(2)12-14(18-10-19-15(12)24-13)17-4-5-20-6-8-22-9-7-20/h10H,3-9H2,1-2H3,(H,17,18,19). The van der Waals surface area contributed by atoms with Crippen LogP contribution in [0.4, 0.5) is 5.82 Å². The molecule has 130 valence electrons. The van der Waals surface area contributed by atoms with Crippen molar-refractivity contribution in [2.75, 3.05) is 51.3 Å². The van der Waals surface area contributed by atoms with Gasteiger partial charge in [0.15, 0.2) is 0 Å². The van der Waals surface area contributed by atoms with Gasteiger partial charge >= 0.3 is 5.97 Å². The number of aryl methyl sites for hydroxylation is 1. The molecule has 7 nitrogen and oxygen atoms in total. The minimum atomic E-state index is -0.294. The minimum absolute atomic E-state index is 0.294. The lowest BCUT2D eigenvalue weighted by molar-refractivity contribution is 0.0398. The quantitative estimate of drug-likeness (QED) is 0.798. The Labute approximate surface area is 145 Å². The molecule has 0 radical (unpaired) electrons. The summed E-state index contributed by atoms with van der Waals surface area (Å²) in [4.78, 5) is 24.5. The molecule has 8 heteroatoms. The second kappa shape index (κ2) is 7.87. The Kier molecular flexibility index (Phi) is 5.60. The highest BCUT2D eigenvalue weighted by Gasteiger charge is 2.20. The highest BCUT2D eigenvalue weighted by atomic mass is 32.1. The van der Waals surface area contributed by atoms with Gasteiger partial charge in [-0.3, -0.25) is 4.90 Å². The number of aromatic nitrogens is 2. The molecule has 0 unspecified atom stereocenters. The van der Waals surface area contributed by atoms with E-state index in [2.05, 4.69) is 20.2 Å². The van der Waals surface area contributed by atoms with Gasteiger partial charge in [0.05, 0.1) is 25.2 Å². The first-order valence-electron chi connectivity index (χ1n) is 8.16. The van der Waals surface area contributed by atoms with E-state index in [1.807, 2.05) is 6.92 Å². The number of hydrogen-bond acceptors (Lipinski definition) is 8. The fraction of sp³-hybridized carbons (Fsp3) is 0.562. The van der Waals surface area contributed by atoms with Gasteiger partial charge < -0.3 is 14.8 Å². The molecule has 2 aromatic rings. The van der Waals surface area contributed by atoms with Crippen LogP contribution in [0.25, 0.3) is 10.2 Å². The van der Waals surface area contributed by atoms with Gasteiger partial charge in [-0.1, -0.05) is 0 Å². The van der Waals surface area contributed by atoms with E-state index in [4.69, 9.17) is 9.47 Å². The Bertz CT molecular complexity index is 713. The molecule has 24 heavy (non-hydrogen) atoms. The molecule has 1 N–H and O–H groups in total. The number of ether oxygens (including phenoxy) is 2. The molecule has 1 aliphatic heterocycles. The predicted octanol–water partition coefficient (Wildman–Crippen LogP) is 1.92. The van der Waals surface area contributed by atoms with Crippen molar-refractivity contribution >= 4 is 33.3 Å². The highest BCUT2D eigenvalue weighted by Crippen LogP contribution is 2.33. The third-order valence-electron chi connectivity index (χ3n) is 4.01. The summed E-state index contributed by atoms with van der Waals surface area (Å²) >= 11 is 1.36. The van der Waals surface area contributed by atoms with Gasteiger partial charge in [-0.05, 0) is 19.4 Å². The molecule has 0 spiro atoms. The molecule has 2 aromatic heterocycles. The van der Waals surface area contributed by atoms with E-state index >= 15 is 0 Å². The average Bonchev–Trinajstić information content (AvgIpc) is 2.94. The number of nitrogens with one attached hydrogen (secondary N) is 1. The molecule has 3 heterocycles. The molecule has 0 amide bonds. The summed E-state index contributed by atoms with van der Waals surface area (Å²) in [6.45, 7) is 9.33. The van der Waals surface area contributed by atoms with Gasteiger partial charge in [0, 0.05) is 26.2 Å². The molecule has 1 saturated heterocycles. The van der Waals surface area contributed by atoms with Gasteiger partial charge in [0.2, 0.25) is 0 Å². The Morgan fingerprint density at radius 3 is 2.96 bits per heavy atom. The lowest BCUT2D eigenvalue weighted by Crippen LogP contribution is -2.39. The number of fused-ring (bicyclic) bond motifs is 1. The smallest absolute Gasteiger partial charge is 0.348 e. The van der Waals surface area contributed by atoms with Crippen molar-refractivity contribution in [3.63, 3.8) is 0 Å². The summed E-state index contributed by atoms with van der Waals surface area (Å²) in [5, 5.41) is 4.29. The first-order valence-corrected chi connectivity index (χ1v) is 8.97. The lowest BCUT2D eigenvalue weighted by atomic mass is 10.2. The molecule has 1 aliphatic rings. The van der Waals surface area contributed by atoms with Crippen LogP contribution < -0.4 is 5.32 Å². The Hall–Kier alpha value is -1.77. The molecule has 3 rings (SSSR count). The zero-order valence-electron chi connectivity index (χ0n) is 14.0. The summed E-state index contributed by atoms with van der Waals surface area (Å²) in [5.41, 5.74) is 0.878. The number of thiophene rings is 1. The van der Waals surface area contributed by atoms with Crippen LogP contribution in [0.3, 0.4) is 0 Å². The van der Waals surface area contributed by atoms with E-state index < -0.39 is 0 Å². The van der Waals surface area contributed by atoms with E-state index in [1.54, 1.807) is 6.92 Å². The van der Waals surface area contributed by atoms with Gasteiger partial charge in [-0.2, -0.15) is 0 Å². The summed E-state index contributed by atoms with van der Waals surface area (Å²) < 4.78 is 10.5. The maximum absolute atomic E-state index is 12.1. The predicted molar refractivity (Wildman–Crippen MR) is 93.9 cm³/mol. The molecule has 0 aromatic carbocycles. The van der Waals surface area contributed by atoms with E-state index in [-0.39, 0.29) is 5.97 Å². The molecule has 0 bridgehead atoms. The molecule has 1 fully saturated rings. The minimum Gasteiger partial charge on any atom is -0.462 e. The number of anilines is 1. The van der Waals surface area contributed by atoms with Gasteiger partial charge in [-0.25, -0.2) is 14.8 Å². The van der Waals surface area contributed by atoms with Crippen LogP contribution >= 0.6 is 11.3 Å². The molecule has 0 saturated carbocycles. The Balaban J connectivity index is 1.74. The third-order valence-corrected chi connectivity index (χ3v) is 5.19.